The molecule has 1 atom stereocenters. The molecule has 1 aromatic rings. The number of rotatable bonds is 4. The number of hydrogen-bond donors (Lipinski definition) is 1. The summed E-state index contributed by atoms with van der Waals surface area (Å²) in [7, 11) is 0. The zero-order valence-electron chi connectivity index (χ0n) is 12.9. The molecule has 1 N–H and O–H groups in total. The summed E-state index contributed by atoms with van der Waals surface area (Å²) in [5, 5.41) is 2.93. The predicted molar refractivity (Wildman–Crippen MR) is 84.6 cm³/mol. The van der Waals surface area contributed by atoms with Gasteiger partial charge in [0.1, 0.15) is 0 Å². The highest BCUT2D eigenvalue weighted by molar-refractivity contribution is 5.96. The van der Waals surface area contributed by atoms with E-state index in [0.717, 1.165) is 18.8 Å². The van der Waals surface area contributed by atoms with Crippen LogP contribution in [0.1, 0.15) is 49.9 Å². The number of amides is 1. The minimum Gasteiger partial charge on any atom is -0.325 e. The van der Waals surface area contributed by atoms with Crippen molar-refractivity contribution < 1.29 is 9.59 Å². The van der Waals surface area contributed by atoms with Crippen molar-refractivity contribution in [3.05, 3.63) is 29.8 Å². The summed E-state index contributed by atoms with van der Waals surface area (Å²) in [6.07, 6.45) is 4.87. The van der Waals surface area contributed by atoms with E-state index in [0.29, 0.717) is 5.56 Å². The molecule has 1 aromatic carbocycles. The number of Topliss-reactive ketones (excluding diaryl/α,β-unsaturated/α-hetero) is 1. The Balaban J connectivity index is 1.94. The van der Waals surface area contributed by atoms with E-state index in [2.05, 4.69) is 10.2 Å². The van der Waals surface area contributed by atoms with E-state index in [4.69, 9.17) is 0 Å². The molecule has 1 aliphatic heterocycles. The van der Waals surface area contributed by atoms with E-state index in [1.54, 1.807) is 24.3 Å². The number of anilines is 1. The minimum atomic E-state index is -0.115. The van der Waals surface area contributed by atoms with Crippen LogP contribution in [-0.2, 0) is 4.79 Å². The normalized spacial score (nSPS) is 17.8. The quantitative estimate of drug-likeness (QED) is 0.866. The van der Waals surface area contributed by atoms with Gasteiger partial charge in [0.05, 0.1) is 6.04 Å². The van der Waals surface area contributed by atoms with Crippen molar-refractivity contribution >= 4 is 17.4 Å². The van der Waals surface area contributed by atoms with Gasteiger partial charge >= 0.3 is 0 Å². The Morgan fingerprint density at radius 2 is 1.62 bits per heavy atom. The number of ketones is 1. The van der Waals surface area contributed by atoms with Crippen LogP contribution in [0.25, 0.3) is 0 Å². The number of likely N-dealkylation sites (tertiary alicyclic amines) is 1. The molecule has 0 saturated carbocycles. The van der Waals surface area contributed by atoms with Crippen molar-refractivity contribution in [3.63, 3.8) is 0 Å². The molecule has 4 nitrogen and oxygen atoms in total. The van der Waals surface area contributed by atoms with E-state index >= 15 is 0 Å². The lowest BCUT2D eigenvalue weighted by Crippen LogP contribution is -2.42. The van der Waals surface area contributed by atoms with Gasteiger partial charge in [-0.3, -0.25) is 14.5 Å². The van der Waals surface area contributed by atoms with E-state index in [9.17, 15) is 9.59 Å². The Labute approximate surface area is 126 Å². The van der Waals surface area contributed by atoms with Gasteiger partial charge in [-0.05, 0) is 64.0 Å². The lowest BCUT2D eigenvalue weighted by Gasteiger charge is -2.26. The number of carbonyl (C=O) groups excluding carboxylic acids is 2. The first-order valence-corrected chi connectivity index (χ1v) is 7.74. The molecule has 0 radical (unpaired) electrons. The van der Waals surface area contributed by atoms with Crippen LogP contribution in [0.5, 0.6) is 0 Å². The molecule has 1 saturated heterocycles. The first-order chi connectivity index (χ1) is 10.1. The van der Waals surface area contributed by atoms with Crippen LogP contribution in [0, 0.1) is 0 Å². The zero-order valence-corrected chi connectivity index (χ0v) is 12.9. The van der Waals surface area contributed by atoms with Crippen molar-refractivity contribution in [3.8, 4) is 0 Å². The van der Waals surface area contributed by atoms with Crippen molar-refractivity contribution in [2.75, 3.05) is 18.4 Å². The van der Waals surface area contributed by atoms with Gasteiger partial charge in [-0.15, -0.1) is 0 Å². The SMILES string of the molecule is CC(=O)c1ccc(NC(=O)[C@@H](C)N2CCCCCC2)cc1. The zero-order chi connectivity index (χ0) is 15.2. The molecule has 0 aromatic heterocycles. The third-order valence-corrected chi connectivity index (χ3v) is 4.13. The molecule has 1 fully saturated rings. The molecule has 114 valence electrons. The van der Waals surface area contributed by atoms with E-state index in [1.165, 1.54) is 32.6 Å². The van der Waals surface area contributed by atoms with Crippen LogP contribution in [0.15, 0.2) is 24.3 Å². The maximum Gasteiger partial charge on any atom is 0.241 e. The van der Waals surface area contributed by atoms with Crippen molar-refractivity contribution in [1.82, 2.24) is 4.90 Å². The molecular formula is C17H24N2O2. The third kappa shape index (κ3) is 4.39. The van der Waals surface area contributed by atoms with Crippen LogP contribution in [0.2, 0.25) is 0 Å². The number of benzene rings is 1. The monoisotopic (exact) mass is 288 g/mol. The van der Waals surface area contributed by atoms with Gasteiger partial charge in [0, 0.05) is 11.3 Å². The molecule has 2 rings (SSSR count). The van der Waals surface area contributed by atoms with Crippen molar-refractivity contribution in [1.29, 1.82) is 0 Å². The topological polar surface area (TPSA) is 49.4 Å². The molecule has 0 spiro atoms. The summed E-state index contributed by atoms with van der Waals surface area (Å²) >= 11 is 0. The molecule has 1 aliphatic rings. The Morgan fingerprint density at radius 1 is 1.05 bits per heavy atom. The Morgan fingerprint density at radius 3 is 2.14 bits per heavy atom. The summed E-state index contributed by atoms with van der Waals surface area (Å²) in [6.45, 7) is 5.50. The van der Waals surface area contributed by atoms with Gasteiger partial charge in [-0.1, -0.05) is 12.8 Å². The second-order valence-corrected chi connectivity index (χ2v) is 5.75. The van der Waals surface area contributed by atoms with Gasteiger partial charge in [-0.25, -0.2) is 0 Å². The average molecular weight is 288 g/mol. The number of nitrogens with one attached hydrogen (secondary N) is 1. The van der Waals surface area contributed by atoms with Gasteiger partial charge in [0.2, 0.25) is 5.91 Å². The fourth-order valence-electron chi connectivity index (χ4n) is 2.68. The van der Waals surface area contributed by atoms with Crippen LogP contribution in [0.4, 0.5) is 5.69 Å². The van der Waals surface area contributed by atoms with Crippen LogP contribution >= 0.6 is 0 Å². The molecule has 21 heavy (non-hydrogen) atoms. The molecule has 0 bridgehead atoms. The molecular weight excluding hydrogens is 264 g/mol. The maximum absolute atomic E-state index is 12.3. The van der Waals surface area contributed by atoms with Crippen molar-refractivity contribution in [2.24, 2.45) is 0 Å². The molecule has 0 unspecified atom stereocenters. The Kier molecular flexibility index (Phi) is 5.51. The average Bonchev–Trinajstić information content (AvgIpc) is 2.76. The summed E-state index contributed by atoms with van der Waals surface area (Å²) in [6, 6.07) is 6.94. The highest BCUT2D eigenvalue weighted by Crippen LogP contribution is 2.15. The van der Waals surface area contributed by atoms with Gasteiger partial charge in [0.15, 0.2) is 5.78 Å². The standard InChI is InChI=1S/C17H24N2O2/c1-13(19-11-5-3-4-6-12-19)17(21)18-16-9-7-15(8-10-16)14(2)20/h7-10,13H,3-6,11-12H2,1-2H3,(H,18,21)/t13-/m1/s1. The summed E-state index contributed by atoms with van der Waals surface area (Å²) in [5.41, 5.74) is 1.40. The van der Waals surface area contributed by atoms with Gasteiger partial charge in [0.25, 0.3) is 0 Å². The lowest BCUT2D eigenvalue weighted by molar-refractivity contribution is -0.120. The Hall–Kier alpha value is -1.68. The van der Waals surface area contributed by atoms with Crippen LogP contribution in [0.3, 0.4) is 0 Å². The minimum absolute atomic E-state index is 0.0208. The summed E-state index contributed by atoms with van der Waals surface area (Å²) in [5.74, 6) is 0.0540. The maximum atomic E-state index is 12.3. The van der Waals surface area contributed by atoms with Gasteiger partial charge in [-0.2, -0.15) is 0 Å². The number of carbonyl (C=O) groups is 2. The fraction of sp³-hybridized carbons (Fsp3) is 0.529. The third-order valence-electron chi connectivity index (χ3n) is 4.13. The first-order valence-electron chi connectivity index (χ1n) is 7.74. The second kappa shape index (κ2) is 7.36. The number of nitrogens with zero attached hydrogens (tertiary/aromatic N) is 1. The predicted octanol–water partition coefficient (Wildman–Crippen LogP) is 3.09. The van der Waals surface area contributed by atoms with Crippen LogP contribution in [-0.4, -0.2) is 35.7 Å². The largest absolute Gasteiger partial charge is 0.325 e. The fourth-order valence-corrected chi connectivity index (χ4v) is 2.68. The first kappa shape index (κ1) is 15.7. The highest BCUT2D eigenvalue weighted by atomic mass is 16.2. The van der Waals surface area contributed by atoms with Gasteiger partial charge < -0.3 is 5.32 Å². The number of hydrogen-bond acceptors (Lipinski definition) is 3. The molecule has 4 heteroatoms. The molecule has 0 aliphatic carbocycles. The Bertz CT molecular complexity index is 488. The highest BCUT2D eigenvalue weighted by Gasteiger charge is 2.22. The van der Waals surface area contributed by atoms with E-state index < -0.39 is 0 Å². The van der Waals surface area contributed by atoms with E-state index in [-0.39, 0.29) is 17.7 Å². The summed E-state index contributed by atoms with van der Waals surface area (Å²) in [4.78, 5) is 25.8. The smallest absolute Gasteiger partial charge is 0.241 e. The van der Waals surface area contributed by atoms with Crippen molar-refractivity contribution in [2.45, 2.75) is 45.6 Å². The van der Waals surface area contributed by atoms with E-state index in [1.807, 2.05) is 6.92 Å². The molecule has 1 heterocycles. The summed E-state index contributed by atoms with van der Waals surface area (Å²) < 4.78 is 0. The second-order valence-electron chi connectivity index (χ2n) is 5.75. The lowest BCUT2D eigenvalue weighted by atomic mass is 10.1. The van der Waals surface area contributed by atoms with Crippen LogP contribution < -0.4 is 5.32 Å². The molecule has 1 amide bonds.